The van der Waals surface area contributed by atoms with Gasteiger partial charge in [0.2, 0.25) is 0 Å². The van der Waals surface area contributed by atoms with Crippen LogP contribution in [0.4, 0.5) is 0 Å². The molecule has 0 saturated carbocycles. The highest BCUT2D eigenvalue weighted by Gasteiger charge is 2.21. The molecule has 0 aromatic carbocycles. The molecule has 0 radical (unpaired) electrons. The van der Waals surface area contributed by atoms with Crippen molar-refractivity contribution < 1.29 is 14.3 Å². The van der Waals surface area contributed by atoms with E-state index in [0.717, 1.165) is 0 Å². The zero-order valence-corrected chi connectivity index (χ0v) is 11.6. The van der Waals surface area contributed by atoms with Crippen molar-refractivity contribution >= 4 is 34.8 Å². The summed E-state index contributed by atoms with van der Waals surface area (Å²) < 4.78 is 4.82. The summed E-state index contributed by atoms with van der Waals surface area (Å²) in [6.07, 6.45) is 1.55. The average Bonchev–Trinajstić information content (AvgIpc) is 2.74. The Morgan fingerprint density at radius 1 is 1.61 bits per heavy atom. The normalized spacial score (nSPS) is 9.89. The molecule has 0 N–H and O–H groups in total. The van der Waals surface area contributed by atoms with Gasteiger partial charge in [-0.2, -0.15) is 0 Å². The molecule has 4 nitrogen and oxygen atoms in total. The first-order chi connectivity index (χ1) is 8.60. The Labute approximate surface area is 115 Å². The SMILES string of the molecule is C=CCN(CC(=O)OCC)C(=O)c1sccc1Cl. The lowest BCUT2D eigenvalue weighted by Crippen LogP contribution is -2.36. The minimum Gasteiger partial charge on any atom is -0.465 e. The molecule has 0 unspecified atom stereocenters. The van der Waals surface area contributed by atoms with E-state index in [-0.39, 0.29) is 25.6 Å². The quantitative estimate of drug-likeness (QED) is 0.597. The van der Waals surface area contributed by atoms with E-state index in [1.807, 2.05) is 0 Å². The molecule has 1 amide bonds. The summed E-state index contributed by atoms with van der Waals surface area (Å²) in [5, 5.41) is 2.12. The number of carbonyl (C=O) groups is 2. The number of amides is 1. The molecule has 0 spiro atoms. The standard InChI is InChI=1S/C12H14ClNO3S/c1-3-6-14(8-10(15)17-4-2)12(16)11-9(13)5-7-18-11/h3,5,7H,1,4,6,8H2,2H3. The molecule has 0 aliphatic heterocycles. The zero-order valence-electron chi connectivity index (χ0n) is 10.0. The van der Waals surface area contributed by atoms with Crippen LogP contribution in [0.3, 0.4) is 0 Å². The van der Waals surface area contributed by atoms with Gasteiger partial charge in [-0.15, -0.1) is 17.9 Å². The van der Waals surface area contributed by atoms with Crippen molar-refractivity contribution in [3.05, 3.63) is 34.0 Å². The average molecular weight is 288 g/mol. The fourth-order valence-electron chi connectivity index (χ4n) is 1.33. The highest BCUT2D eigenvalue weighted by atomic mass is 35.5. The van der Waals surface area contributed by atoms with Gasteiger partial charge in [-0.1, -0.05) is 17.7 Å². The van der Waals surface area contributed by atoms with Gasteiger partial charge in [0.15, 0.2) is 0 Å². The van der Waals surface area contributed by atoms with Gasteiger partial charge < -0.3 is 9.64 Å². The second kappa shape index (κ2) is 7.18. The molecule has 0 fully saturated rings. The van der Waals surface area contributed by atoms with Crippen LogP contribution in [0.15, 0.2) is 24.1 Å². The Kier molecular flexibility index (Phi) is 5.88. The summed E-state index contributed by atoms with van der Waals surface area (Å²) in [5.74, 6) is -0.733. The number of carbonyl (C=O) groups excluding carboxylic acids is 2. The van der Waals surface area contributed by atoms with Crippen LogP contribution in [0.2, 0.25) is 5.02 Å². The number of hydrogen-bond donors (Lipinski definition) is 0. The summed E-state index contributed by atoms with van der Waals surface area (Å²) in [5.41, 5.74) is 0. The first-order valence-electron chi connectivity index (χ1n) is 5.39. The third-order valence-electron chi connectivity index (χ3n) is 2.07. The van der Waals surface area contributed by atoms with Crippen molar-refractivity contribution in [3.8, 4) is 0 Å². The number of halogens is 1. The van der Waals surface area contributed by atoms with Crippen molar-refractivity contribution in [2.45, 2.75) is 6.92 Å². The molecule has 1 rings (SSSR count). The molecule has 0 bridgehead atoms. The van der Waals surface area contributed by atoms with Gasteiger partial charge in [0.1, 0.15) is 11.4 Å². The molecule has 0 atom stereocenters. The van der Waals surface area contributed by atoms with E-state index in [0.29, 0.717) is 9.90 Å². The lowest BCUT2D eigenvalue weighted by Gasteiger charge is -2.19. The molecule has 1 aromatic heterocycles. The predicted molar refractivity (Wildman–Crippen MR) is 72.1 cm³/mol. The maximum atomic E-state index is 12.2. The van der Waals surface area contributed by atoms with Crippen LogP contribution in [0, 0.1) is 0 Å². The van der Waals surface area contributed by atoms with Crippen LogP contribution >= 0.6 is 22.9 Å². The third kappa shape index (κ3) is 3.85. The molecule has 6 heteroatoms. The first kappa shape index (κ1) is 14.7. The molecular formula is C12H14ClNO3S. The fourth-order valence-corrected chi connectivity index (χ4v) is 2.43. The number of nitrogens with zero attached hydrogens (tertiary/aromatic N) is 1. The summed E-state index contributed by atoms with van der Waals surface area (Å²) in [6, 6.07) is 1.65. The monoisotopic (exact) mass is 287 g/mol. The van der Waals surface area contributed by atoms with Gasteiger partial charge in [-0.3, -0.25) is 9.59 Å². The Bertz CT molecular complexity index is 444. The summed E-state index contributed by atoms with van der Waals surface area (Å²) in [4.78, 5) is 25.3. The van der Waals surface area contributed by atoms with Gasteiger partial charge in [-0.05, 0) is 18.4 Å². The minimum atomic E-state index is -0.444. The largest absolute Gasteiger partial charge is 0.465 e. The lowest BCUT2D eigenvalue weighted by molar-refractivity contribution is -0.143. The number of hydrogen-bond acceptors (Lipinski definition) is 4. The number of thiophene rings is 1. The molecule has 0 aliphatic rings. The van der Waals surface area contributed by atoms with Gasteiger partial charge in [0.05, 0.1) is 11.6 Å². The van der Waals surface area contributed by atoms with Gasteiger partial charge in [0.25, 0.3) is 5.91 Å². The minimum absolute atomic E-state index is 0.104. The van der Waals surface area contributed by atoms with E-state index in [1.54, 1.807) is 24.4 Å². The van der Waals surface area contributed by atoms with E-state index in [4.69, 9.17) is 16.3 Å². The maximum absolute atomic E-state index is 12.2. The Morgan fingerprint density at radius 3 is 2.83 bits per heavy atom. The molecule has 0 saturated heterocycles. The van der Waals surface area contributed by atoms with Gasteiger partial charge in [-0.25, -0.2) is 0 Å². The fraction of sp³-hybridized carbons (Fsp3) is 0.333. The number of ether oxygens (including phenoxy) is 1. The van der Waals surface area contributed by atoms with E-state index < -0.39 is 5.97 Å². The molecule has 98 valence electrons. The van der Waals surface area contributed by atoms with E-state index in [9.17, 15) is 9.59 Å². The molecular weight excluding hydrogens is 274 g/mol. The molecule has 1 heterocycles. The van der Waals surface area contributed by atoms with Crippen LogP contribution in [0.5, 0.6) is 0 Å². The maximum Gasteiger partial charge on any atom is 0.325 e. The number of esters is 1. The lowest BCUT2D eigenvalue weighted by atomic mass is 10.3. The van der Waals surface area contributed by atoms with Crippen LogP contribution < -0.4 is 0 Å². The van der Waals surface area contributed by atoms with Crippen LogP contribution in [-0.4, -0.2) is 36.5 Å². The second-order valence-corrected chi connectivity index (χ2v) is 4.70. The number of rotatable bonds is 6. The van der Waals surface area contributed by atoms with Gasteiger partial charge in [0, 0.05) is 6.54 Å². The zero-order chi connectivity index (χ0) is 13.5. The van der Waals surface area contributed by atoms with Crippen LogP contribution in [0.1, 0.15) is 16.6 Å². The molecule has 0 aliphatic carbocycles. The Hall–Kier alpha value is -1.33. The van der Waals surface area contributed by atoms with Crippen LogP contribution in [-0.2, 0) is 9.53 Å². The summed E-state index contributed by atoms with van der Waals surface area (Å²) in [7, 11) is 0. The summed E-state index contributed by atoms with van der Waals surface area (Å²) >= 11 is 7.14. The Morgan fingerprint density at radius 2 is 2.33 bits per heavy atom. The van der Waals surface area contributed by atoms with E-state index >= 15 is 0 Å². The van der Waals surface area contributed by atoms with Crippen molar-refractivity contribution in [2.75, 3.05) is 19.7 Å². The van der Waals surface area contributed by atoms with Crippen molar-refractivity contribution in [1.82, 2.24) is 4.90 Å². The topological polar surface area (TPSA) is 46.6 Å². The molecule has 1 aromatic rings. The Balaban J connectivity index is 2.78. The smallest absolute Gasteiger partial charge is 0.325 e. The van der Waals surface area contributed by atoms with E-state index in [1.165, 1.54) is 16.2 Å². The van der Waals surface area contributed by atoms with Crippen molar-refractivity contribution in [1.29, 1.82) is 0 Å². The summed E-state index contributed by atoms with van der Waals surface area (Å²) in [6.45, 7) is 5.73. The van der Waals surface area contributed by atoms with Crippen molar-refractivity contribution in [3.63, 3.8) is 0 Å². The van der Waals surface area contributed by atoms with E-state index in [2.05, 4.69) is 6.58 Å². The van der Waals surface area contributed by atoms with Gasteiger partial charge >= 0.3 is 5.97 Å². The first-order valence-corrected chi connectivity index (χ1v) is 6.64. The highest BCUT2D eigenvalue weighted by molar-refractivity contribution is 7.12. The van der Waals surface area contributed by atoms with Crippen molar-refractivity contribution in [2.24, 2.45) is 0 Å². The second-order valence-electron chi connectivity index (χ2n) is 3.38. The molecule has 18 heavy (non-hydrogen) atoms. The highest BCUT2D eigenvalue weighted by Crippen LogP contribution is 2.23. The van der Waals surface area contributed by atoms with Crippen LogP contribution in [0.25, 0.3) is 0 Å². The predicted octanol–water partition coefficient (Wildman–Crippen LogP) is 2.59. The third-order valence-corrected chi connectivity index (χ3v) is 3.40.